The molecule has 9 heteroatoms. The molecule has 0 N–H and O–H groups in total. The van der Waals surface area contributed by atoms with Crippen LogP contribution in [-0.2, 0) is 13.6 Å². The zero-order chi connectivity index (χ0) is 21.7. The Morgan fingerprint density at radius 2 is 1.87 bits per heavy atom. The van der Waals surface area contributed by atoms with Gasteiger partial charge in [-0.1, -0.05) is 13.8 Å². The molecular formula is C21H25N5O4. The predicted octanol–water partition coefficient (Wildman–Crippen LogP) is 2.12. The molecule has 0 aliphatic heterocycles. The third-order valence-electron chi connectivity index (χ3n) is 5.20. The average molecular weight is 411 g/mol. The molecule has 1 aromatic carbocycles. The van der Waals surface area contributed by atoms with Crippen LogP contribution in [0.5, 0.6) is 11.5 Å². The molecule has 3 aromatic heterocycles. The van der Waals surface area contributed by atoms with Gasteiger partial charge in [0.1, 0.15) is 11.5 Å². The van der Waals surface area contributed by atoms with E-state index in [-0.39, 0.29) is 17.2 Å². The molecule has 30 heavy (non-hydrogen) atoms. The van der Waals surface area contributed by atoms with E-state index in [9.17, 15) is 9.59 Å². The van der Waals surface area contributed by atoms with E-state index in [4.69, 9.17) is 9.47 Å². The van der Waals surface area contributed by atoms with Crippen LogP contribution in [0.3, 0.4) is 0 Å². The zero-order valence-corrected chi connectivity index (χ0v) is 18.0. The highest BCUT2D eigenvalue weighted by Crippen LogP contribution is 2.31. The van der Waals surface area contributed by atoms with Crippen molar-refractivity contribution < 1.29 is 9.47 Å². The lowest BCUT2D eigenvalue weighted by atomic mass is 10.2. The Morgan fingerprint density at radius 1 is 1.13 bits per heavy atom. The molecule has 0 saturated carbocycles. The number of nitrogens with zero attached hydrogens (tertiary/aromatic N) is 5. The van der Waals surface area contributed by atoms with E-state index in [1.807, 2.05) is 43.7 Å². The lowest BCUT2D eigenvalue weighted by Gasteiger charge is -2.12. The fourth-order valence-corrected chi connectivity index (χ4v) is 3.80. The molecule has 0 aliphatic carbocycles. The average Bonchev–Trinajstić information content (AvgIpc) is 3.23. The van der Waals surface area contributed by atoms with Crippen LogP contribution >= 0.6 is 0 Å². The molecule has 4 aromatic rings. The maximum atomic E-state index is 13.2. The SMILES string of the molecule is COc1ccc(-n2c(C)cn3c4c(=O)n(CC(C)C)c(=O)n(C)c4nc23)c(OC)c1. The van der Waals surface area contributed by atoms with Gasteiger partial charge in [-0.2, -0.15) is 4.98 Å². The second-order valence-electron chi connectivity index (χ2n) is 7.75. The van der Waals surface area contributed by atoms with Gasteiger partial charge in [0.25, 0.3) is 5.56 Å². The summed E-state index contributed by atoms with van der Waals surface area (Å²) in [6.07, 6.45) is 1.85. The van der Waals surface area contributed by atoms with Crippen molar-refractivity contribution in [1.82, 2.24) is 23.1 Å². The number of fused-ring (bicyclic) bond motifs is 3. The van der Waals surface area contributed by atoms with Gasteiger partial charge in [-0.25, -0.2) is 4.79 Å². The minimum atomic E-state index is -0.368. The minimum Gasteiger partial charge on any atom is -0.497 e. The van der Waals surface area contributed by atoms with Gasteiger partial charge in [0, 0.05) is 31.5 Å². The van der Waals surface area contributed by atoms with Crippen LogP contribution in [0.25, 0.3) is 22.6 Å². The molecule has 9 nitrogen and oxygen atoms in total. The highest BCUT2D eigenvalue weighted by molar-refractivity contribution is 5.77. The molecular weight excluding hydrogens is 386 g/mol. The van der Waals surface area contributed by atoms with Gasteiger partial charge < -0.3 is 9.47 Å². The molecule has 4 rings (SSSR count). The number of hydrogen-bond donors (Lipinski definition) is 0. The maximum Gasteiger partial charge on any atom is 0.332 e. The minimum absolute atomic E-state index is 0.158. The summed E-state index contributed by atoms with van der Waals surface area (Å²) in [6, 6.07) is 5.50. The van der Waals surface area contributed by atoms with Crippen LogP contribution in [-0.4, -0.2) is 37.3 Å². The van der Waals surface area contributed by atoms with E-state index in [1.165, 1.54) is 9.13 Å². The quantitative estimate of drug-likeness (QED) is 0.502. The van der Waals surface area contributed by atoms with Gasteiger partial charge in [-0.05, 0) is 25.0 Å². The summed E-state index contributed by atoms with van der Waals surface area (Å²) in [5.41, 5.74) is 1.64. The molecule has 0 bridgehead atoms. The van der Waals surface area contributed by atoms with Gasteiger partial charge in [-0.3, -0.25) is 22.9 Å². The van der Waals surface area contributed by atoms with E-state index in [2.05, 4.69) is 4.98 Å². The highest BCUT2D eigenvalue weighted by atomic mass is 16.5. The lowest BCUT2D eigenvalue weighted by molar-refractivity contribution is 0.393. The number of rotatable bonds is 5. The fraction of sp³-hybridized carbons (Fsp3) is 0.381. The smallest absolute Gasteiger partial charge is 0.332 e. The Bertz CT molecular complexity index is 1390. The molecule has 158 valence electrons. The molecule has 0 radical (unpaired) electrons. The van der Waals surface area contributed by atoms with E-state index in [0.29, 0.717) is 35.0 Å². The Labute approximate surface area is 172 Å². The summed E-state index contributed by atoms with van der Waals surface area (Å²) >= 11 is 0. The van der Waals surface area contributed by atoms with Crippen LogP contribution in [0.4, 0.5) is 0 Å². The van der Waals surface area contributed by atoms with Crippen LogP contribution in [0.2, 0.25) is 0 Å². The summed E-state index contributed by atoms with van der Waals surface area (Å²) in [7, 11) is 4.82. The van der Waals surface area contributed by atoms with Crippen molar-refractivity contribution in [3.8, 4) is 17.2 Å². The number of benzene rings is 1. The van der Waals surface area contributed by atoms with Crippen molar-refractivity contribution in [1.29, 1.82) is 0 Å². The van der Waals surface area contributed by atoms with Crippen molar-refractivity contribution >= 4 is 16.9 Å². The van der Waals surface area contributed by atoms with Crippen molar-refractivity contribution in [3.05, 3.63) is 50.9 Å². The van der Waals surface area contributed by atoms with Gasteiger partial charge in [0.05, 0.1) is 19.9 Å². The first-order chi connectivity index (χ1) is 14.3. The Morgan fingerprint density at radius 3 is 2.50 bits per heavy atom. The first kappa shape index (κ1) is 19.8. The van der Waals surface area contributed by atoms with Gasteiger partial charge in [0.2, 0.25) is 5.78 Å². The molecule has 0 aliphatic rings. The van der Waals surface area contributed by atoms with Crippen LogP contribution in [0.15, 0.2) is 34.0 Å². The third kappa shape index (κ3) is 2.80. The van der Waals surface area contributed by atoms with Crippen LogP contribution in [0.1, 0.15) is 19.5 Å². The number of aromatic nitrogens is 5. The second-order valence-corrected chi connectivity index (χ2v) is 7.75. The molecule has 0 spiro atoms. The lowest BCUT2D eigenvalue weighted by Crippen LogP contribution is -2.40. The van der Waals surface area contributed by atoms with Crippen LogP contribution in [0, 0.1) is 12.8 Å². The van der Waals surface area contributed by atoms with Gasteiger partial charge >= 0.3 is 5.69 Å². The summed E-state index contributed by atoms with van der Waals surface area (Å²) in [4.78, 5) is 30.6. The number of ether oxygens (including phenoxy) is 2. The monoisotopic (exact) mass is 411 g/mol. The van der Waals surface area contributed by atoms with Gasteiger partial charge in [0.15, 0.2) is 11.2 Å². The number of imidazole rings is 2. The largest absolute Gasteiger partial charge is 0.497 e. The third-order valence-corrected chi connectivity index (χ3v) is 5.20. The Balaban J connectivity index is 2.09. The summed E-state index contributed by atoms with van der Waals surface area (Å²) in [6.45, 7) is 6.22. The van der Waals surface area contributed by atoms with Crippen molar-refractivity contribution in [3.63, 3.8) is 0 Å². The topological polar surface area (TPSA) is 84.7 Å². The van der Waals surface area contributed by atoms with Gasteiger partial charge in [-0.15, -0.1) is 0 Å². The zero-order valence-electron chi connectivity index (χ0n) is 18.0. The van der Waals surface area contributed by atoms with Crippen molar-refractivity contribution in [2.24, 2.45) is 13.0 Å². The Kier molecular flexibility index (Phi) is 4.68. The van der Waals surface area contributed by atoms with E-state index in [0.717, 1.165) is 11.4 Å². The number of aryl methyl sites for hydroxylation is 2. The van der Waals surface area contributed by atoms with E-state index < -0.39 is 0 Å². The predicted molar refractivity (Wildman–Crippen MR) is 114 cm³/mol. The standard InChI is InChI=1S/C21H25N5O4/c1-12(2)10-25-19(27)17-18(23(4)21(25)28)22-20-24(17)11-13(3)26(20)15-8-7-14(29-5)9-16(15)30-6/h7-9,11-12H,10H2,1-6H3. The molecule has 3 heterocycles. The fourth-order valence-electron chi connectivity index (χ4n) is 3.80. The summed E-state index contributed by atoms with van der Waals surface area (Å²) in [5.74, 6) is 1.96. The molecule has 0 atom stereocenters. The molecule has 0 fully saturated rings. The van der Waals surface area contributed by atoms with Crippen molar-refractivity contribution in [2.75, 3.05) is 14.2 Å². The maximum absolute atomic E-state index is 13.2. The summed E-state index contributed by atoms with van der Waals surface area (Å²) in [5, 5.41) is 0. The van der Waals surface area contributed by atoms with Crippen molar-refractivity contribution in [2.45, 2.75) is 27.3 Å². The van der Waals surface area contributed by atoms with Crippen LogP contribution < -0.4 is 20.7 Å². The summed E-state index contributed by atoms with van der Waals surface area (Å²) < 4.78 is 17.2. The number of hydrogen-bond acceptors (Lipinski definition) is 5. The normalized spacial score (nSPS) is 11.7. The van der Waals surface area contributed by atoms with E-state index >= 15 is 0 Å². The highest BCUT2D eigenvalue weighted by Gasteiger charge is 2.22. The van der Waals surface area contributed by atoms with E-state index in [1.54, 1.807) is 31.7 Å². The second kappa shape index (κ2) is 7.08. The first-order valence-electron chi connectivity index (χ1n) is 9.70. The molecule has 0 amide bonds. The first-order valence-corrected chi connectivity index (χ1v) is 9.70. The molecule has 0 unspecified atom stereocenters. The molecule has 0 saturated heterocycles. The number of methoxy groups -OCH3 is 2. The Hall–Kier alpha value is -3.49.